The van der Waals surface area contributed by atoms with Crippen molar-refractivity contribution in [1.29, 1.82) is 0 Å². The van der Waals surface area contributed by atoms with Crippen molar-refractivity contribution in [2.45, 2.75) is 19.3 Å². The first-order valence-corrected chi connectivity index (χ1v) is 6.21. The largest absolute Gasteiger partial charge is 0.455 e. The maximum atomic E-state index is 11.8. The molecule has 0 radical (unpaired) electrons. The Kier molecular flexibility index (Phi) is 4.05. The number of carbonyl (C=O) groups excluding carboxylic acids is 1. The van der Waals surface area contributed by atoms with E-state index in [2.05, 4.69) is 5.32 Å². The molecule has 0 aliphatic heterocycles. The molecule has 0 atom stereocenters. The molecule has 0 spiro atoms. The monoisotopic (exact) mass is 263 g/mol. The van der Waals surface area contributed by atoms with Crippen LogP contribution in [0.25, 0.3) is 0 Å². The number of carbonyl (C=O) groups is 1. The van der Waals surface area contributed by atoms with Gasteiger partial charge in [-0.15, -0.1) is 11.6 Å². The van der Waals surface area contributed by atoms with Gasteiger partial charge in [-0.3, -0.25) is 4.79 Å². The first-order chi connectivity index (χ1) is 8.70. The van der Waals surface area contributed by atoms with Gasteiger partial charge in [-0.2, -0.15) is 0 Å². The summed E-state index contributed by atoms with van der Waals surface area (Å²) < 4.78 is 5.27. The molecule has 0 fully saturated rings. The molecule has 0 saturated carbocycles. The first-order valence-electron chi connectivity index (χ1n) is 5.68. The number of nitrogens with one attached hydrogen (secondary N) is 1. The molecule has 4 heteroatoms. The van der Waals surface area contributed by atoms with Crippen LogP contribution < -0.4 is 5.32 Å². The molecule has 1 N–H and O–H groups in total. The molecule has 3 nitrogen and oxygen atoms in total. The van der Waals surface area contributed by atoms with Crippen LogP contribution in [0.15, 0.2) is 40.8 Å². The zero-order valence-corrected chi connectivity index (χ0v) is 10.8. The SMILES string of the molecule is Cc1ccccc1CNC(=O)c1ccc(CCl)o1. The summed E-state index contributed by atoms with van der Waals surface area (Å²) in [7, 11) is 0. The van der Waals surface area contributed by atoms with Gasteiger partial charge >= 0.3 is 0 Å². The minimum atomic E-state index is -0.227. The highest BCUT2D eigenvalue weighted by atomic mass is 35.5. The number of rotatable bonds is 4. The molecule has 1 aromatic heterocycles. The molecule has 0 unspecified atom stereocenters. The van der Waals surface area contributed by atoms with E-state index in [4.69, 9.17) is 16.0 Å². The number of halogens is 1. The van der Waals surface area contributed by atoms with E-state index in [0.29, 0.717) is 18.1 Å². The fourth-order valence-electron chi connectivity index (χ4n) is 1.64. The quantitative estimate of drug-likeness (QED) is 0.861. The number of aryl methyl sites for hydroxylation is 1. The Morgan fingerprint density at radius 2 is 2.06 bits per heavy atom. The predicted octanol–water partition coefficient (Wildman–Crippen LogP) is 3.26. The summed E-state index contributed by atoms with van der Waals surface area (Å²) in [5.41, 5.74) is 2.24. The van der Waals surface area contributed by atoms with Crippen molar-refractivity contribution in [3.63, 3.8) is 0 Å². The maximum absolute atomic E-state index is 11.8. The van der Waals surface area contributed by atoms with Crippen LogP contribution in [-0.2, 0) is 12.4 Å². The summed E-state index contributed by atoms with van der Waals surface area (Å²) in [6, 6.07) is 11.3. The Balaban J connectivity index is 1.98. The van der Waals surface area contributed by atoms with Crippen LogP contribution >= 0.6 is 11.6 Å². The van der Waals surface area contributed by atoms with Crippen LogP contribution in [0, 0.1) is 6.92 Å². The van der Waals surface area contributed by atoms with Gasteiger partial charge in [0.25, 0.3) is 5.91 Å². The van der Waals surface area contributed by atoms with Gasteiger partial charge in [-0.1, -0.05) is 24.3 Å². The molecule has 18 heavy (non-hydrogen) atoms. The Bertz CT molecular complexity index is 548. The highest BCUT2D eigenvalue weighted by Gasteiger charge is 2.10. The highest BCUT2D eigenvalue weighted by Crippen LogP contribution is 2.11. The van der Waals surface area contributed by atoms with Gasteiger partial charge in [0, 0.05) is 6.54 Å². The van der Waals surface area contributed by atoms with Gasteiger partial charge in [0.2, 0.25) is 0 Å². The molecule has 0 aliphatic rings. The average molecular weight is 264 g/mol. The topological polar surface area (TPSA) is 42.2 Å². The van der Waals surface area contributed by atoms with Gasteiger partial charge in [0.1, 0.15) is 5.76 Å². The van der Waals surface area contributed by atoms with Crippen molar-refractivity contribution in [1.82, 2.24) is 5.32 Å². The van der Waals surface area contributed by atoms with Crippen LogP contribution in [0.1, 0.15) is 27.4 Å². The molecule has 2 aromatic rings. The maximum Gasteiger partial charge on any atom is 0.287 e. The zero-order chi connectivity index (χ0) is 13.0. The summed E-state index contributed by atoms with van der Waals surface area (Å²) in [6.45, 7) is 2.50. The van der Waals surface area contributed by atoms with E-state index in [9.17, 15) is 4.79 Å². The third-order valence-corrected chi connectivity index (χ3v) is 2.98. The predicted molar refractivity (Wildman–Crippen MR) is 70.6 cm³/mol. The molecule has 1 amide bonds. The molecule has 2 rings (SSSR count). The molecule has 1 aromatic carbocycles. The number of hydrogen-bond acceptors (Lipinski definition) is 2. The second-order valence-electron chi connectivity index (χ2n) is 4.01. The van der Waals surface area contributed by atoms with Crippen LogP contribution in [0.2, 0.25) is 0 Å². The Morgan fingerprint density at radius 3 is 2.72 bits per heavy atom. The van der Waals surface area contributed by atoms with Crippen molar-refractivity contribution >= 4 is 17.5 Å². The lowest BCUT2D eigenvalue weighted by atomic mass is 10.1. The van der Waals surface area contributed by atoms with E-state index >= 15 is 0 Å². The van der Waals surface area contributed by atoms with Crippen LogP contribution in [0.5, 0.6) is 0 Å². The second kappa shape index (κ2) is 5.74. The van der Waals surface area contributed by atoms with Crippen molar-refractivity contribution in [2.24, 2.45) is 0 Å². The van der Waals surface area contributed by atoms with E-state index in [1.165, 1.54) is 0 Å². The summed E-state index contributed by atoms with van der Waals surface area (Å²) in [5, 5.41) is 2.82. The van der Waals surface area contributed by atoms with Crippen molar-refractivity contribution in [2.75, 3.05) is 0 Å². The molecule has 0 saturated heterocycles. The van der Waals surface area contributed by atoms with Crippen molar-refractivity contribution in [3.8, 4) is 0 Å². The van der Waals surface area contributed by atoms with Gasteiger partial charge in [0.05, 0.1) is 5.88 Å². The minimum absolute atomic E-state index is 0.227. The number of hydrogen-bond donors (Lipinski definition) is 1. The van der Waals surface area contributed by atoms with Crippen LogP contribution in [0.4, 0.5) is 0 Å². The Morgan fingerprint density at radius 1 is 1.28 bits per heavy atom. The van der Waals surface area contributed by atoms with E-state index in [-0.39, 0.29) is 11.8 Å². The van der Waals surface area contributed by atoms with Crippen molar-refractivity contribution < 1.29 is 9.21 Å². The lowest BCUT2D eigenvalue weighted by Gasteiger charge is -2.06. The first kappa shape index (κ1) is 12.7. The number of furan rings is 1. The summed E-state index contributed by atoms with van der Waals surface area (Å²) in [4.78, 5) is 11.8. The standard InChI is InChI=1S/C14H14ClNO2/c1-10-4-2-3-5-11(10)9-16-14(17)13-7-6-12(8-15)18-13/h2-7H,8-9H2,1H3,(H,16,17). The number of alkyl halides is 1. The highest BCUT2D eigenvalue weighted by molar-refractivity contribution is 6.16. The lowest BCUT2D eigenvalue weighted by Crippen LogP contribution is -2.22. The van der Waals surface area contributed by atoms with Crippen LogP contribution in [-0.4, -0.2) is 5.91 Å². The molecule has 1 heterocycles. The fourth-order valence-corrected chi connectivity index (χ4v) is 1.79. The molecule has 0 aliphatic carbocycles. The summed E-state index contributed by atoms with van der Waals surface area (Å²) >= 11 is 5.61. The molecular formula is C14H14ClNO2. The summed E-state index contributed by atoms with van der Waals surface area (Å²) in [5.74, 6) is 0.928. The minimum Gasteiger partial charge on any atom is -0.455 e. The number of benzene rings is 1. The van der Waals surface area contributed by atoms with Gasteiger partial charge in [0.15, 0.2) is 5.76 Å². The van der Waals surface area contributed by atoms with Gasteiger partial charge < -0.3 is 9.73 Å². The second-order valence-corrected chi connectivity index (χ2v) is 4.28. The number of amides is 1. The lowest BCUT2D eigenvalue weighted by molar-refractivity contribution is 0.0921. The third kappa shape index (κ3) is 2.93. The smallest absolute Gasteiger partial charge is 0.287 e. The molecule has 0 bridgehead atoms. The van der Waals surface area contributed by atoms with E-state index in [1.807, 2.05) is 31.2 Å². The van der Waals surface area contributed by atoms with E-state index < -0.39 is 0 Å². The Labute approximate surface area is 111 Å². The third-order valence-electron chi connectivity index (χ3n) is 2.72. The van der Waals surface area contributed by atoms with E-state index in [0.717, 1.165) is 11.1 Å². The Hall–Kier alpha value is -1.74. The summed E-state index contributed by atoms with van der Waals surface area (Å²) in [6.07, 6.45) is 0. The fraction of sp³-hybridized carbons (Fsp3) is 0.214. The molecule has 94 valence electrons. The molecular weight excluding hydrogens is 250 g/mol. The van der Waals surface area contributed by atoms with E-state index in [1.54, 1.807) is 12.1 Å². The zero-order valence-electron chi connectivity index (χ0n) is 10.1. The van der Waals surface area contributed by atoms with Crippen LogP contribution in [0.3, 0.4) is 0 Å². The van der Waals surface area contributed by atoms with Gasteiger partial charge in [-0.05, 0) is 30.2 Å². The average Bonchev–Trinajstić information content (AvgIpc) is 2.86. The van der Waals surface area contributed by atoms with Crippen molar-refractivity contribution in [3.05, 3.63) is 59.0 Å². The van der Waals surface area contributed by atoms with Gasteiger partial charge in [-0.25, -0.2) is 0 Å². The normalized spacial score (nSPS) is 10.3.